The molecule has 0 aromatic heterocycles. The van der Waals surface area contributed by atoms with E-state index in [1.807, 2.05) is 6.92 Å². The van der Waals surface area contributed by atoms with E-state index in [1.165, 1.54) is 0 Å². The molecule has 1 N–H and O–H groups in total. The maximum absolute atomic E-state index is 12.5. The lowest BCUT2D eigenvalue weighted by Crippen LogP contribution is -2.40. The third-order valence-electron chi connectivity index (χ3n) is 3.75. The van der Waals surface area contributed by atoms with Crippen LogP contribution in [0.15, 0.2) is 18.2 Å². The zero-order valence-electron chi connectivity index (χ0n) is 10.7. The molecule has 3 nitrogen and oxygen atoms in total. The Morgan fingerprint density at radius 2 is 2.28 bits per heavy atom. The molecule has 1 fully saturated rings. The minimum absolute atomic E-state index is 0.00688. The van der Waals surface area contributed by atoms with Crippen molar-refractivity contribution in [2.45, 2.75) is 26.3 Å². The van der Waals surface area contributed by atoms with Crippen LogP contribution in [0, 0.1) is 12.8 Å². The Morgan fingerprint density at radius 1 is 1.56 bits per heavy atom. The second-order valence-corrected chi connectivity index (χ2v) is 5.41. The number of hydrogen-bond acceptors (Lipinski definition) is 2. The van der Waals surface area contributed by atoms with Crippen molar-refractivity contribution in [3.63, 3.8) is 0 Å². The van der Waals surface area contributed by atoms with Crippen molar-refractivity contribution in [3.8, 4) is 0 Å². The first-order valence-electron chi connectivity index (χ1n) is 6.22. The summed E-state index contributed by atoms with van der Waals surface area (Å²) in [5.41, 5.74) is 1.55. The van der Waals surface area contributed by atoms with Crippen LogP contribution in [-0.2, 0) is 0 Å². The number of likely N-dealkylation sites (tertiary alicyclic amines) is 1. The highest BCUT2D eigenvalue weighted by molar-refractivity contribution is 6.30. The fourth-order valence-corrected chi connectivity index (χ4v) is 2.79. The Labute approximate surface area is 112 Å². The van der Waals surface area contributed by atoms with Crippen LogP contribution in [0.3, 0.4) is 0 Å². The largest absolute Gasteiger partial charge is 0.394 e. The topological polar surface area (TPSA) is 40.5 Å². The highest BCUT2D eigenvalue weighted by Gasteiger charge is 2.34. The van der Waals surface area contributed by atoms with Gasteiger partial charge in [-0.05, 0) is 43.0 Å². The molecule has 1 saturated heterocycles. The molecule has 2 rings (SSSR count). The fraction of sp³-hybridized carbons (Fsp3) is 0.500. The van der Waals surface area contributed by atoms with Gasteiger partial charge in [-0.1, -0.05) is 18.5 Å². The number of benzene rings is 1. The van der Waals surface area contributed by atoms with Crippen LogP contribution in [-0.4, -0.2) is 35.1 Å². The number of rotatable bonds is 2. The summed E-state index contributed by atoms with van der Waals surface area (Å²) in [6, 6.07) is 5.22. The Kier molecular flexibility index (Phi) is 3.93. The van der Waals surface area contributed by atoms with Crippen molar-refractivity contribution in [1.82, 2.24) is 4.90 Å². The Bertz CT molecular complexity index is 461. The smallest absolute Gasteiger partial charge is 0.254 e. The fourth-order valence-electron chi connectivity index (χ4n) is 2.56. The van der Waals surface area contributed by atoms with Crippen LogP contribution in [0.1, 0.15) is 29.3 Å². The summed E-state index contributed by atoms with van der Waals surface area (Å²) in [5, 5.41) is 10.0. The maximum atomic E-state index is 12.5. The predicted molar refractivity (Wildman–Crippen MR) is 71.9 cm³/mol. The molecule has 0 bridgehead atoms. The van der Waals surface area contributed by atoms with Gasteiger partial charge >= 0.3 is 0 Å². The normalized spacial score (nSPS) is 23.4. The molecule has 18 heavy (non-hydrogen) atoms. The minimum Gasteiger partial charge on any atom is -0.394 e. The van der Waals surface area contributed by atoms with Gasteiger partial charge in [0.1, 0.15) is 0 Å². The predicted octanol–water partition coefficient (Wildman–Crippen LogP) is 2.49. The van der Waals surface area contributed by atoms with E-state index in [-0.39, 0.29) is 18.6 Å². The third kappa shape index (κ3) is 2.38. The molecule has 0 saturated carbocycles. The van der Waals surface area contributed by atoms with E-state index in [1.54, 1.807) is 23.1 Å². The van der Waals surface area contributed by atoms with Crippen LogP contribution in [0.4, 0.5) is 0 Å². The van der Waals surface area contributed by atoms with Gasteiger partial charge in [0.15, 0.2) is 0 Å². The molecule has 1 heterocycles. The molecular formula is C14H18ClNO2. The zero-order chi connectivity index (χ0) is 13.3. The first kappa shape index (κ1) is 13.4. The van der Waals surface area contributed by atoms with E-state index < -0.39 is 0 Å². The van der Waals surface area contributed by atoms with Crippen molar-refractivity contribution in [2.24, 2.45) is 5.92 Å². The number of halogens is 1. The number of carbonyl (C=O) groups is 1. The molecule has 98 valence electrons. The molecule has 2 unspecified atom stereocenters. The highest BCUT2D eigenvalue weighted by atomic mass is 35.5. The minimum atomic E-state index is -0.0624. The number of nitrogens with zero attached hydrogens (tertiary/aromatic N) is 1. The quantitative estimate of drug-likeness (QED) is 0.894. The van der Waals surface area contributed by atoms with E-state index in [0.29, 0.717) is 23.0 Å². The summed E-state index contributed by atoms with van der Waals surface area (Å²) in [5.74, 6) is 0.346. The van der Waals surface area contributed by atoms with Crippen molar-refractivity contribution in [2.75, 3.05) is 13.2 Å². The number of aliphatic hydroxyl groups excluding tert-OH is 1. The Balaban J connectivity index is 2.26. The third-order valence-corrected chi connectivity index (χ3v) is 3.98. The summed E-state index contributed by atoms with van der Waals surface area (Å²) in [4.78, 5) is 14.2. The Morgan fingerprint density at radius 3 is 2.89 bits per heavy atom. The lowest BCUT2D eigenvalue weighted by molar-refractivity contribution is 0.0647. The average Bonchev–Trinajstić information content (AvgIpc) is 2.69. The lowest BCUT2D eigenvalue weighted by atomic mass is 10.0. The summed E-state index contributed by atoms with van der Waals surface area (Å²) in [7, 11) is 0. The van der Waals surface area contributed by atoms with Gasteiger partial charge in [0.25, 0.3) is 5.91 Å². The van der Waals surface area contributed by atoms with Gasteiger partial charge in [-0.15, -0.1) is 0 Å². The molecule has 1 aromatic rings. The average molecular weight is 268 g/mol. The molecule has 1 aromatic carbocycles. The molecule has 0 spiro atoms. The second kappa shape index (κ2) is 5.29. The monoisotopic (exact) mass is 267 g/mol. The Hall–Kier alpha value is -1.06. The number of amides is 1. The second-order valence-electron chi connectivity index (χ2n) is 4.97. The van der Waals surface area contributed by atoms with E-state index >= 15 is 0 Å². The summed E-state index contributed by atoms with van der Waals surface area (Å²) < 4.78 is 0. The highest BCUT2D eigenvalue weighted by Crippen LogP contribution is 2.26. The molecule has 0 aliphatic carbocycles. The van der Waals surface area contributed by atoms with Gasteiger partial charge in [0.2, 0.25) is 0 Å². The van der Waals surface area contributed by atoms with Gasteiger partial charge in [-0.25, -0.2) is 0 Å². The standard InChI is InChI=1S/C14H18ClNO2/c1-9-5-6-16(13(9)8-17)14(18)12-4-3-11(15)7-10(12)2/h3-4,7,9,13,17H,5-6,8H2,1-2H3. The van der Waals surface area contributed by atoms with Crippen molar-refractivity contribution in [1.29, 1.82) is 0 Å². The van der Waals surface area contributed by atoms with Crippen molar-refractivity contribution >= 4 is 17.5 Å². The van der Waals surface area contributed by atoms with Crippen molar-refractivity contribution < 1.29 is 9.90 Å². The lowest BCUT2D eigenvalue weighted by Gasteiger charge is -2.26. The summed E-state index contributed by atoms with van der Waals surface area (Å²) in [6.45, 7) is 4.70. The molecule has 1 aliphatic heterocycles. The first-order valence-corrected chi connectivity index (χ1v) is 6.60. The van der Waals surface area contributed by atoms with Crippen molar-refractivity contribution in [3.05, 3.63) is 34.3 Å². The van der Waals surface area contributed by atoms with Crippen LogP contribution in [0.25, 0.3) is 0 Å². The number of aliphatic hydroxyl groups is 1. The summed E-state index contributed by atoms with van der Waals surface area (Å²) in [6.07, 6.45) is 0.948. The van der Waals surface area contributed by atoms with E-state index in [9.17, 15) is 9.90 Å². The van der Waals surface area contributed by atoms with Gasteiger partial charge in [0, 0.05) is 17.1 Å². The van der Waals surface area contributed by atoms with Crippen LogP contribution < -0.4 is 0 Å². The van der Waals surface area contributed by atoms with Crippen LogP contribution in [0.5, 0.6) is 0 Å². The van der Waals surface area contributed by atoms with E-state index in [2.05, 4.69) is 6.92 Å². The molecule has 0 radical (unpaired) electrons. The molecule has 1 amide bonds. The van der Waals surface area contributed by atoms with Crippen LogP contribution >= 0.6 is 11.6 Å². The SMILES string of the molecule is Cc1cc(Cl)ccc1C(=O)N1CCC(C)C1CO. The van der Waals surface area contributed by atoms with E-state index in [4.69, 9.17) is 11.6 Å². The number of hydrogen-bond donors (Lipinski definition) is 1. The van der Waals surface area contributed by atoms with Gasteiger partial charge < -0.3 is 10.0 Å². The molecular weight excluding hydrogens is 250 g/mol. The molecule has 4 heteroatoms. The summed E-state index contributed by atoms with van der Waals surface area (Å²) >= 11 is 5.90. The van der Waals surface area contributed by atoms with Gasteiger partial charge in [-0.3, -0.25) is 4.79 Å². The number of aryl methyl sites for hydroxylation is 1. The van der Waals surface area contributed by atoms with Gasteiger partial charge in [0.05, 0.1) is 12.6 Å². The zero-order valence-corrected chi connectivity index (χ0v) is 11.4. The van der Waals surface area contributed by atoms with Gasteiger partial charge in [-0.2, -0.15) is 0 Å². The first-order chi connectivity index (χ1) is 8.54. The van der Waals surface area contributed by atoms with E-state index in [0.717, 1.165) is 12.0 Å². The maximum Gasteiger partial charge on any atom is 0.254 e. The molecule has 2 atom stereocenters. The van der Waals surface area contributed by atoms with Crippen LogP contribution in [0.2, 0.25) is 5.02 Å². The number of carbonyl (C=O) groups excluding carboxylic acids is 1. The molecule has 1 aliphatic rings.